The Morgan fingerprint density at radius 2 is 1.66 bits per heavy atom. The smallest absolute Gasteiger partial charge is 0.264 e. The first-order chi connectivity index (χ1) is 13.9. The fraction of sp³-hybridized carbons (Fsp3) is 0.227. The van der Waals surface area contributed by atoms with Gasteiger partial charge in [0.15, 0.2) is 0 Å². The van der Waals surface area contributed by atoms with Gasteiger partial charge in [-0.2, -0.15) is 0 Å². The van der Waals surface area contributed by atoms with Crippen LogP contribution in [-0.4, -0.2) is 27.4 Å². The summed E-state index contributed by atoms with van der Waals surface area (Å²) in [7, 11) is -2.26. The number of carbonyl (C=O) groups excluding carboxylic acids is 1. The van der Waals surface area contributed by atoms with Crippen molar-refractivity contribution < 1.29 is 13.2 Å². The normalized spacial score (nSPS) is 12.3. The zero-order chi connectivity index (χ0) is 20.9. The lowest BCUT2D eigenvalue weighted by Crippen LogP contribution is -2.34. The molecule has 1 amide bonds. The quantitative estimate of drug-likeness (QED) is 0.581. The van der Waals surface area contributed by atoms with Gasteiger partial charge in [-0.05, 0) is 48.9 Å². The molecule has 0 saturated heterocycles. The maximum absolute atomic E-state index is 12.9. The SMILES string of the molecule is CC(CCc1ccccc1)NC(=O)c1sccc1N(C)S(=O)(=O)c1ccccc1. The summed E-state index contributed by atoms with van der Waals surface area (Å²) in [6, 6.07) is 19.9. The van der Waals surface area contributed by atoms with Crippen LogP contribution in [0.15, 0.2) is 77.0 Å². The number of carbonyl (C=O) groups is 1. The number of nitrogens with zero attached hydrogens (tertiary/aromatic N) is 1. The van der Waals surface area contributed by atoms with Crippen LogP contribution in [0.3, 0.4) is 0 Å². The van der Waals surface area contributed by atoms with Gasteiger partial charge in [-0.15, -0.1) is 11.3 Å². The Morgan fingerprint density at radius 1 is 1.03 bits per heavy atom. The first-order valence-corrected chi connectivity index (χ1v) is 11.7. The van der Waals surface area contributed by atoms with Crippen molar-refractivity contribution in [2.75, 3.05) is 11.4 Å². The molecule has 1 heterocycles. The third-order valence-corrected chi connectivity index (χ3v) is 7.37. The minimum absolute atomic E-state index is 0.0336. The second-order valence-electron chi connectivity index (χ2n) is 6.82. The molecule has 0 saturated carbocycles. The van der Waals surface area contributed by atoms with Crippen LogP contribution in [0, 0.1) is 0 Å². The minimum atomic E-state index is -3.73. The van der Waals surface area contributed by atoms with E-state index in [0.717, 1.165) is 12.8 Å². The van der Waals surface area contributed by atoms with Crippen molar-refractivity contribution in [2.45, 2.75) is 30.7 Å². The van der Waals surface area contributed by atoms with Crippen LogP contribution in [0.1, 0.15) is 28.6 Å². The summed E-state index contributed by atoms with van der Waals surface area (Å²) in [5, 5.41) is 4.72. The van der Waals surface area contributed by atoms with Crippen LogP contribution in [-0.2, 0) is 16.4 Å². The molecule has 7 heteroatoms. The summed E-state index contributed by atoms with van der Waals surface area (Å²) in [4.78, 5) is 13.4. The molecule has 0 aliphatic carbocycles. The van der Waals surface area contributed by atoms with Crippen LogP contribution in [0.25, 0.3) is 0 Å². The molecule has 0 fully saturated rings. The fourth-order valence-electron chi connectivity index (χ4n) is 2.99. The van der Waals surface area contributed by atoms with E-state index < -0.39 is 10.0 Å². The van der Waals surface area contributed by atoms with E-state index in [2.05, 4.69) is 17.4 Å². The maximum Gasteiger partial charge on any atom is 0.264 e. The van der Waals surface area contributed by atoms with Gasteiger partial charge in [0.25, 0.3) is 15.9 Å². The first-order valence-electron chi connectivity index (χ1n) is 9.36. The molecule has 5 nitrogen and oxygen atoms in total. The van der Waals surface area contributed by atoms with Crippen LogP contribution >= 0.6 is 11.3 Å². The van der Waals surface area contributed by atoms with Crippen LogP contribution in [0.5, 0.6) is 0 Å². The summed E-state index contributed by atoms with van der Waals surface area (Å²) in [6.07, 6.45) is 1.66. The van der Waals surface area contributed by atoms with Gasteiger partial charge in [0.1, 0.15) is 4.88 Å². The number of hydrogen-bond acceptors (Lipinski definition) is 4. The second-order valence-corrected chi connectivity index (χ2v) is 9.70. The van der Waals surface area contributed by atoms with Crippen molar-refractivity contribution in [3.05, 3.63) is 82.6 Å². The van der Waals surface area contributed by atoms with E-state index in [0.29, 0.717) is 10.6 Å². The molecule has 1 aromatic heterocycles. The Kier molecular flexibility index (Phi) is 6.71. The average Bonchev–Trinajstić information content (AvgIpc) is 3.23. The molecule has 1 atom stereocenters. The molecule has 0 aliphatic rings. The van der Waals surface area contributed by atoms with E-state index in [-0.39, 0.29) is 16.8 Å². The van der Waals surface area contributed by atoms with E-state index in [1.807, 2.05) is 25.1 Å². The summed E-state index contributed by atoms with van der Waals surface area (Å²) in [5.74, 6) is -0.259. The highest BCUT2D eigenvalue weighted by atomic mass is 32.2. The van der Waals surface area contributed by atoms with Crippen molar-refractivity contribution in [3.8, 4) is 0 Å². The van der Waals surface area contributed by atoms with Gasteiger partial charge in [-0.25, -0.2) is 8.42 Å². The van der Waals surface area contributed by atoms with Gasteiger partial charge >= 0.3 is 0 Å². The number of nitrogens with one attached hydrogen (secondary N) is 1. The van der Waals surface area contributed by atoms with Gasteiger partial charge in [0.05, 0.1) is 10.6 Å². The molecule has 0 bridgehead atoms. The Labute approximate surface area is 176 Å². The number of aryl methyl sites for hydroxylation is 1. The Balaban J connectivity index is 1.69. The molecule has 3 rings (SSSR count). The lowest BCUT2D eigenvalue weighted by molar-refractivity contribution is 0.0943. The molecule has 1 N–H and O–H groups in total. The van der Waals surface area contributed by atoms with Gasteiger partial charge in [0.2, 0.25) is 0 Å². The van der Waals surface area contributed by atoms with Gasteiger partial charge in [0, 0.05) is 13.1 Å². The molecule has 29 heavy (non-hydrogen) atoms. The van der Waals surface area contributed by atoms with E-state index in [9.17, 15) is 13.2 Å². The number of hydrogen-bond donors (Lipinski definition) is 1. The topological polar surface area (TPSA) is 66.5 Å². The highest BCUT2D eigenvalue weighted by Gasteiger charge is 2.26. The highest BCUT2D eigenvalue weighted by Crippen LogP contribution is 2.29. The maximum atomic E-state index is 12.9. The van der Waals surface area contributed by atoms with Crippen molar-refractivity contribution in [1.29, 1.82) is 0 Å². The van der Waals surface area contributed by atoms with E-state index in [1.54, 1.807) is 41.8 Å². The Morgan fingerprint density at radius 3 is 2.31 bits per heavy atom. The summed E-state index contributed by atoms with van der Waals surface area (Å²) < 4.78 is 26.9. The number of thiophene rings is 1. The van der Waals surface area contributed by atoms with Crippen molar-refractivity contribution in [1.82, 2.24) is 5.32 Å². The van der Waals surface area contributed by atoms with Crippen molar-refractivity contribution >= 4 is 33.0 Å². The predicted molar refractivity (Wildman–Crippen MR) is 118 cm³/mol. The number of amides is 1. The third-order valence-electron chi connectivity index (χ3n) is 4.68. The Hall–Kier alpha value is -2.64. The number of benzene rings is 2. The number of rotatable bonds is 8. The van der Waals surface area contributed by atoms with E-state index in [1.165, 1.54) is 28.3 Å². The number of sulfonamides is 1. The summed E-state index contributed by atoms with van der Waals surface area (Å²) in [6.45, 7) is 1.96. The van der Waals surface area contributed by atoms with E-state index >= 15 is 0 Å². The van der Waals surface area contributed by atoms with Gasteiger partial charge in [-0.1, -0.05) is 48.5 Å². The first kappa shape index (κ1) is 21.1. The Bertz CT molecular complexity index is 1050. The van der Waals surface area contributed by atoms with Crippen LogP contribution in [0.4, 0.5) is 5.69 Å². The van der Waals surface area contributed by atoms with Crippen molar-refractivity contribution in [2.24, 2.45) is 0 Å². The molecule has 1 unspecified atom stereocenters. The largest absolute Gasteiger partial charge is 0.349 e. The molecule has 3 aromatic rings. The predicted octanol–water partition coefficient (Wildman–Crippen LogP) is 4.32. The van der Waals surface area contributed by atoms with Crippen LogP contribution in [0.2, 0.25) is 0 Å². The minimum Gasteiger partial charge on any atom is -0.349 e. The van der Waals surface area contributed by atoms with Gasteiger partial charge < -0.3 is 5.32 Å². The van der Waals surface area contributed by atoms with Gasteiger partial charge in [-0.3, -0.25) is 9.10 Å². The van der Waals surface area contributed by atoms with Crippen LogP contribution < -0.4 is 9.62 Å². The summed E-state index contributed by atoms with van der Waals surface area (Å²) in [5.41, 5.74) is 1.60. The average molecular weight is 429 g/mol. The molecule has 0 spiro atoms. The zero-order valence-corrected chi connectivity index (χ0v) is 18.0. The molecule has 2 aromatic carbocycles. The molecule has 152 valence electrons. The second kappa shape index (κ2) is 9.24. The molecular weight excluding hydrogens is 404 g/mol. The molecule has 0 aliphatic heterocycles. The standard InChI is InChI=1S/C22H24N2O3S2/c1-17(13-14-18-9-5-3-6-10-18)23-22(25)21-20(15-16-28-21)24(2)29(26,27)19-11-7-4-8-12-19/h3-12,15-17H,13-14H2,1-2H3,(H,23,25). The lowest BCUT2D eigenvalue weighted by atomic mass is 10.1. The zero-order valence-electron chi connectivity index (χ0n) is 16.4. The lowest BCUT2D eigenvalue weighted by Gasteiger charge is -2.20. The third kappa shape index (κ3) is 5.05. The fourth-order valence-corrected chi connectivity index (χ4v) is 5.10. The highest BCUT2D eigenvalue weighted by molar-refractivity contribution is 7.92. The monoisotopic (exact) mass is 428 g/mol. The van der Waals surface area contributed by atoms with E-state index in [4.69, 9.17) is 0 Å². The molecular formula is C22H24N2O3S2. The van der Waals surface area contributed by atoms with Crippen molar-refractivity contribution in [3.63, 3.8) is 0 Å². The number of anilines is 1. The summed E-state index contributed by atoms with van der Waals surface area (Å²) >= 11 is 1.24. The molecule has 0 radical (unpaired) electrons.